The van der Waals surface area contributed by atoms with Gasteiger partial charge in [0.2, 0.25) is 5.91 Å². The van der Waals surface area contributed by atoms with Gasteiger partial charge in [-0.3, -0.25) is 9.36 Å². The predicted octanol–water partition coefficient (Wildman–Crippen LogP) is 5.06. The summed E-state index contributed by atoms with van der Waals surface area (Å²) in [5.74, 6) is -0.0446. The molecule has 1 heterocycles. The first-order valence-electron chi connectivity index (χ1n) is 8.79. The number of amides is 1. The minimum Gasteiger partial charge on any atom is -0.310 e. The van der Waals surface area contributed by atoms with Crippen molar-refractivity contribution < 1.29 is 4.79 Å². The maximum absolute atomic E-state index is 13.1. The van der Waals surface area contributed by atoms with Gasteiger partial charge in [0.1, 0.15) is 0 Å². The second-order valence-corrected chi connectivity index (χ2v) is 8.27. The average molecular weight is 455 g/mol. The van der Waals surface area contributed by atoms with Crippen molar-refractivity contribution in [3.63, 3.8) is 0 Å². The van der Waals surface area contributed by atoms with Crippen LogP contribution in [0.5, 0.6) is 0 Å². The van der Waals surface area contributed by atoms with Crippen LogP contribution in [0.25, 0.3) is 5.69 Å². The average Bonchev–Trinajstić information content (AvgIpc) is 3.17. The number of hydrogen-bond acceptors (Lipinski definition) is 4. The molecule has 0 aliphatic carbocycles. The predicted molar refractivity (Wildman–Crippen MR) is 116 cm³/mol. The van der Waals surface area contributed by atoms with Crippen molar-refractivity contribution in [2.75, 3.05) is 11.4 Å². The van der Waals surface area contributed by atoms with Crippen LogP contribution >= 0.6 is 27.7 Å². The molecule has 0 spiro atoms. The van der Waals surface area contributed by atoms with Gasteiger partial charge in [0, 0.05) is 34.8 Å². The summed E-state index contributed by atoms with van der Waals surface area (Å²) in [7, 11) is 0. The van der Waals surface area contributed by atoms with Crippen molar-refractivity contribution in [3.8, 4) is 11.8 Å². The Balaban J connectivity index is 1.79. The second kappa shape index (κ2) is 9.58. The van der Waals surface area contributed by atoms with Crippen LogP contribution in [0.4, 0.5) is 5.69 Å². The van der Waals surface area contributed by atoms with Crippen molar-refractivity contribution in [1.82, 2.24) is 9.55 Å². The number of aromatic nitrogens is 2. The van der Waals surface area contributed by atoms with E-state index in [4.69, 9.17) is 5.26 Å². The molecule has 3 rings (SSSR count). The lowest BCUT2D eigenvalue weighted by atomic mass is 10.2. The number of halogens is 1. The minimum atomic E-state index is -0.351. The van der Waals surface area contributed by atoms with Gasteiger partial charge in [0.25, 0.3) is 0 Å². The summed E-state index contributed by atoms with van der Waals surface area (Å²) in [4.78, 5) is 19.2. The first kappa shape index (κ1) is 20.2. The monoisotopic (exact) mass is 454 g/mol. The molecule has 2 aromatic carbocycles. The molecule has 0 aliphatic rings. The highest BCUT2D eigenvalue weighted by Gasteiger charge is 2.24. The summed E-state index contributed by atoms with van der Waals surface area (Å²) in [5.41, 5.74) is 1.78. The Hall–Kier alpha value is -2.56. The second-order valence-electron chi connectivity index (χ2n) is 6.05. The molecule has 0 N–H and O–H groups in total. The van der Waals surface area contributed by atoms with Gasteiger partial charge in [-0.15, -0.1) is 0 Å². The zero-order valence-corrected chi connectivity index (χ0v) is 17.7. The molecule has 7 heteroatoms. The summed E-state index contributed by atoms with van der Waals surface area (Å²) >= 11 is 4.85. The first-order chi connectivity index (χ1) is 13.6. The standard InChI is InChI=1S/C21H19BrN4OS/c1-16(20(27)25(14-5-12-23)18-6-3-2-4-7-18)28-21-24-13-15-26(21)19-10-8-17(22)9-11-19/h2-4,6-11,13,15-16H,5,14H2,1H3. The smallest absolute Gasteiger partial charge is 0.240 e. The lowest BCUT2D eigenvalue weighted by Gasteiger charge is -2.25. The number of rotatable bonds is 7. The number of nitriles is 1. The third kappa shape index (κ3) is 4.83. The van der Waals surface area contributed by atoms with Crippen LogP contribution in [0.15, 0.2) is 76.6 Å². The van der Waals surface area contributed by atoms with Crippen molar-refractivity contribution in [2.45, 2.75) is 23.8 Å². The molecule has 1 atom stereocenters. The molecule has 5 nitrogen and oxygen atoms in total. The van der Waals surface area contributed by atoms with Gasteiger partial charge in [0.15, 0.2) is 5.16 Å². The molecule has 3 aromatic rings. The van der Waals surface area contributed by atoms with Crippen molar-refractivity contribution in [3.05, 3.63) is 71.5 Å². The molecule has 1 amide bonds. The summed E-state index contributed by atoms with van der Waals surface area (Å²) in [5, 5.41) is 9.36. The molecule has 0 saturated carbocycles. The van der Waals surface area contributed by atoms with Crippen molar-refractivity contribution in [2.24, 2.45) is 0 Å². The van der Waals surface area contributed by atoms with E-state index in [0.29, 0.717) is 6.54 Å². The number of hydrogen-bond donors (Lipinski definition) is 0. The lowest BCUT2D eigenvalue weighted by molar-refractivity contribution is -0.117. The van der Waals surface area contributed by atoms with E-state index < -0.39 is 0 Å². The van der Waals surface area contributed by atoms with E-state index in [1.165, 1.54) is 11.8 Å². The fraction of sp³-hybridized carbons (Fsp3) is 0.190. The minimum absolute atomic E-state index is 0.0446. The van der Waals surface area contributed by atoms with Crippen LogP contribution in [0.1, 0.15) is 13.3 Å². The van der Waals surface area contributed by atoms with E-state index in [9.17, 15) is 4.79 Å². The molecular formula is C21H19BrN4OS. The normalized spacial score (nSPS) is 11.6. The number of benzene rings is 2. The van der Waals surface area contributed by atoms with Crippen molar-refractivity contribution >= 4 is 39.3 Å². The Labute approximate surface area is 177 Å². The molecule has 28 heavy (non-hydrogen) atoms. The van der Waals surface area contributed by atoms with Gasteiger partial charge in [-0.1, -0.05) is 45.9 Å². The third-order valence-corrected chi connectivity index (χ3v) is 5.72. The maximum atomic E-state index is 13.1. The molecule has 0 bridgehead atoms. The van der Waals surface area contributed by atoms with E-state index in [2.05, 4.69) is 27.0 Å². The quantitative estimate of drug-likeness (QED) is 0.467. The maximum Gasteiger partial charge on any atom is 0.240 e. The Kier molecular flexibility index (Phi) is 6.90. The SMILES string of the molecule is CC(Sc1nccn1-c1ccc(Br)cc1)C(=O)N(CCC#N)c1ccccc1. The molecular weight excluding hydrogens is 436 g/mol. The number of nitrogens with zero attached hydrogens (tertiary/aromatic N) is 4. The van der Waals surface area contributed by atoms with E-state index >= 15 is 0 Å². The van der Waals surface area contributed by atoms with E-state index in [1.54, 1.807) is 11.1 Å². The highest BCUT2D eigenvalue weighted by molar-refractivity contribution is 9.10. The summed E-state index contributed by atoms with van der Waals surface area (Å²) in [6.45, 7) is 2.24. The number of para-hydroxylation sites is 1. The number of anilines is 1. The fourth-order valence-corrected chi connectivity index (χ4v) is 3.95. The zero-order chi connectivity index (χ0) is 19.9. The largest absolute Gasteiger partial charge is 0.310 e. The highest BCUT2D eigenvalue weighted by Crippen LogP contribution is 2.27. The van der Waals surface area contributed by atoms with Gasteiger partial charge < -0.3 is 4.90 Å². The molecule has 1 aromatic heterocycles. The Morgan fingerprint density at radius 2 is 1.96 bits per heavy atom. The summed E-state index contributed by atoms with van der Waals surface area (Å²) < 4.78 is 2.97. The summed E-state index contributed by atoms with van der Waals surface area (Å²) in [6.07, 6.45) is 3.89. The van der Waals surface area contributed by atoms with Crippen molar-refractivity contribution in [1.29, 1.82) is 5.26 Å². The van der Waals surface area contributed by atoms with Gasteiger partial charge >= 0.3 is 0 Å². The molecule has 1 unspecified atom stereocenters. The first-order valence-corrected chi connectivity index (χ1v) is 10.5. The molecule has 0 aliphatic heterocycles. The highest BCUT2D eigenvalue weighted by atomic mass is 79.9. The van der Waals surface area contributed by atoms with Crippen LogP contribution in [0.3, 0.4) is 0 Å². The number of imidazole rings is 1. The van der Waals surface area contributed by atoms with Gasteiger partial charge in [-0.2, -0.15) is 5.26 Å². The Morgan fingerprint density at radius 1 is 1.25 bits per heavy atom. The Morgan fingerprint density at radius 3 is 2.64 bits per heavy atom. The number of carbonyl (C=O) groups is 1. The Bertz CT molecular complexity index is 966. The lowest BCUT2D eigenvalue weighted by Crippen LogP contribution is -2.37. The number of thioether (sulfide) groups is 1. The summed E-state index contributed by atoms with van der Waals surface area (Å²) in [6, 6.07) is 19.5. The van der Waals surface area contributed by atoms with Gasteiger partial charge in [0.05, 0.1) is 17.7 Å². The topological polar surface area (TPSA) is 61.9 Å². The van der Waals surface area contributed by atoms with Crippen LogP contribution in [0, 0.1) is 11.3 Å². The molecule has 0 radical (unpaired) electrons. The molecule has 142 valence electrons. The van der Waals surface area contributed by atoms with Crippen LogP contribution in [-0.2, 0) is 4.79 Å². The van der Waals surface area contributed by atoms with Gasteiger partial charge in [-0.25, -0.2) is 4.98 Å². The molecule has 0 saturated heterocycles. The van der Waals surface area contributed by atoms with Crippen LogP contribution in [-0.4, -0.2) is 27.3 Å². The van der Waals surface area contributed by atoms with E-state index in [1.807, 2.05) is 72.3 Å². The van der Waals surface area contributed by atoms with Crippen LogP contribution < -0.4 is 4.90 Å². The van der Waals surface area contributed by atoms with E-state index in [0.717, 1.165) is 21.0 Å². The molecule has 0 fully saturated rings. The van der Waals surface area contributed by atoms with Gasteiger partial charge in [-0.05, 0) is 43.3 Å². The zero-order valence-electron chi connectivity index (χ0n) is 15.3. The number of carbonyl (C=O) groups excluding carboxylic acids is 1. The van der Waals surface area contributed by atoms with E-state index in [-0.39, 0.29) is 17.6 Å². The third-order valence-electron chi connectivity index (χ3n) is 4.12. The fourth-order valence-electron chi connectivity index (χ4n) is 2.74. The van der Waals surface area contributed by atoms with Crippen LogP contribution in [0.2, 0.25) is 0 Å².